The Morgan fingerprint density at radius 2 is 1.79 bits per heavy atom. The number of likely N-dealkylation sites (tertiary alicyclic amines) is 1. The van der Waals surface area contributed by atoms with Crippen molar-refractivity contribution in [3.05, 3.63) is 59.9 Å². The van der Waals surface area contributed by atoms with Crippen molar-refractivity contribution < 1.29 is 28.6 Å². The van der Waals surface area contributed by atoms with Crippen molar-refractivity contribution >= 4 is 23.6 Å². The molecule has 174 valence electrons. The Bertz CT molecular complexity index is 1020. The van der Waals surface area contributed by atoms with Gasteiger partial charge in [-0.3, -0.25) is 4.90 Å². The van der Waals surface area contributed by atoms with E-state index in [4.69, 9.17) is 9.47 Å². The highest BCUT2D eigenvalue weighted by Crippen LogP contribution is 2.36. The number of halogens is 1. The van der Waals surface area contributed by atoms with Crippen molar-refractivity contribution in [2.24, 2.45) is 11.8 Å². The van der Waals surface area contributed by atoms with Gasteiger partial charge in [-0.1, -0.05) is 30.3 Å². The molecule has 2 amide bonds. The fourth-order valence-corrected chi connectivity index (χ4v) is 4.90. The molecule has 0 aliphatic carbocycles. The Balaban J connectivity index is 1.17. The first-order valence-electron chi connectivity index (χ1n) is 11.1. The Hall–Kier alpha value is -3.33. The average molecular weight is 455 g/mol. The van der Waals surface area contributed by atoms with E-state index in [-0.39, 0.29) is 37.7 Å². The summed E-state index contributed by atoms with van der Waals surface area (Å²) in [5.74, 6) is 0.103. The maximum atomic E-state index is 14.9. The third-order valence-electron chi connectivity index (χ3n) is 6.61. The predicted octanol–water partition coefficient (Wildman–Crippen LogP) is 2.85. The molecule has 0 saturated carbocycles. The average Bonchev–Trinajstić information content (AvgIpc) is 3.51. The molecule has 3 aliphatic heterocycles. The fourth-order valence-electron chi connectivity index (χ4n) is 4.90. The molecule has 0 radical (unpaired) electrons. The quantitative estimate of drug-likeness (QED) is 0.747. The van der Waals surface area contributed by atoms with Crippen LogP contribution in [-0.4, -0.2) is 67.6 Å². The maximum absolute atomic E-state index is 14.9. The maximum Gasteiger partial charge on any atom is 0.414 e. The summed E-state index contributed by atoms with van der Waals surface area (Å²) in [6.45, 7) is 2.67. The second-order valence-corrected chi connectivity index (χ2v) is 8.80. The van der Waals surface area contributed by atoms with Gasteiger partial charge in [0.15, 0.2) is 0 Å². The number of amides is 2. The van der Waals surface area contributed by atoms with Crippen LogP contribution >= 0.6 is 0 Å². The van der Waals surface area contributed by atoms with Gasteiger partial charge in [-0.05, 0) is 23.8 Å². The molecule has 0 unspecified atom stereocenters. The number of aliphatic hydroxyl groups excluding tert-OH is 1. The van der Waals surface area contributed by atoms with Gasteiger partial charge in [0.1, 0.15) is 18.5 Å². The molecule has 3 atom stereocenters. The molecule has 0 aromatic heterocycles. The Morgan fingerprint density at radius 3 is 2.42 bits per heavy atom. The van der Waals surface area contributed by atoms with Crippen LogP contribution < -0.4 is 9.80 Å². The molecule has 3 saturated heterocycles. The lowest BCUT2D eigenvalue weighted by molar-refractivity contribution is 0.0963. The summed E-state index contributed by atoms with van der Waals surface area (Å²) >= 11 is 0. The van der Waals surface area contributed by atoms with E-state index in [9.17, 15) is 19.1 Å². The second kappa shape index (κ2) is 8.90. The first kappa shape index (κ1) is 21.5. The lowest BCUT2D eigenvalue weighted by Gasteiger charge is -2.24. The Kier molecular flexibility index (Phi) is 5.80. The predicted molar refractivity (Wildman–Crippen MR) is 118 cm³/mol. The van der Waals surface area contributed by atoms with E-state index in [0.717, 1.165) is 5.56 Å². The minimum atomic E-state index is -0.597. The minimum absolute atomic E-state index is 0.193. The molecular weight excluding hydrogens is 429 g/mol. The van der Waals surface area contributed by atoms with Crippen LogP contribution in [0.3, 0.4) is 0 Å². The first-order chi connectivity index (χ1) is 16.0. The molecule has 0 bridgehead atoms. The normalized spacial score (nSPS) is 24.2. The number of cyclic esters (lactones) is 1. The van der Waals surface area contributed by atoms with Gasteiger partial charge in [0.25, 0.3) is 0 Å². The third-order valence-corrected chi connectivity index (χ3v) is 6.61. The molecular formula is C24H26FN3O5. The lowest BCUT2D eigenvalue weighted by Crippen LogP contribution is -2.33. The van der Waals surface area contributed by atoms with Crippen molar-refractivity contribution in [1.82, 2.24) is 4.90 Å². The summed E-state index contributed by atoms with van der Waals surface area (Å²) in [7, 11) is 0. The van der Waals surface area contributed by atoms with Crippen molar-refractivity contribution in [1.29, 1.82) is 0 Å². The standard InChI is InChI=1S/C24H26FN3O5/c25-21-8-19(28-13-20(14-29)33-24(28)31)6-7-22(21)26-9-17-11-27(12-18(17)10-26)23(30)32-15-16-4-2-1-3-5-16/h1-8,17-18,20,29H,9-15H2/t17-,18+,20-/m1/s1. The topological polar surface area (TPSA) is 82.6 Å². The molecule has 33 heavy (non-hydrogen) atoms. The van der Waals surface area contributed by atoms with Crippen molar-refractivity contribution in [2.45, 2.75) is 12.7 Å². The lowest BCUT2D eigenvalue weighted by atomic mass is 10.0. The Labute approximate surface area is 191 Å². The van der Waals surface area contributed by atoms with Crippen molar-refractivity contribution in [2.75, 3.05) is 49.1 Å². The number of carbonyl (C=O) groups excluding carboxylic acids is 2. The number of fused-ring (bicyclic) bond motifs is 1. The zero-order chi connectivity index (χ0) is 22.9. The SMILES string of the molecule is O=C(OCc1ccccc1)N1C[C@@H]2CN(c3ccc(N4C[C@H](CO)OC4=O)cc3F)C[C@@H]2C1. The summed E-state index contributed by atoms with van der Waals surface area (Å²) < 4.78 is 25.4. The van der Waals surface area contributed by atoms with Crippen LogP contribution in [-0.2, 0) is 16.1 Å². The number of nitrogens with zero attached hydrogens (tertiary/aromatic N) is 3. The summed E-state index contributed by atoms with van der Waals surface area (Å²) in [6.07, 6.45) is -1.49. The molecule has 3 aliphatic rings. The summed E-state index contributed by atoms with van der Waals surface area (Å²) in [5.41, 5.74) is 1.84. The second-order valence-electron chi connectivity index (χ2n) is 8.80. The highest BCUT2D eigenvalue weighted by molar-refractivity contribution is 5.90. The van der Waals surface area contributed by atoms with Gasteiger partial charge < -0.3 is 24.4 Å². The van der Waals surface area contributed by atoms with E-state index in [2.05, 4.69) is 0 Å². The highest BCUT2D eigenvalue weighted by atomic mass is 19.1. The van der Waals surface area contributed by atoms with E-state index in [1.54, 1.807) is 17.0 Å². The molecule has 3 heterocycles. The number of benzene rings is 2. The largest absolute Gasteiger partial charge is 0.445 e. The monoisotopic (exact) mass is 455 g/mol. The van der Waals surface area contributed by atoms with Crippen LogP contribution in [0.4, 0.5) is 25.4 Å². The van der Waals surface area contributed by atoms with Gasteiger partial charge in [0.2, 0.25) is 0 Å². The van der Waals surface area contributed by atoms with Gasteiger partial charge in [0, 0.05) is 38.0 Å². The Morgan fingerprint density at radius 1 is 1.06 bits per heavy atom. The molecule has 1 N–H and O–H groups in total. The van der Waals surface area contributed by atoms with Crippen LogP contribution in [0.1, 0.15) is 5.56 Å². The fraction of sp³-hybridized carbons (Fsp3) is 0.417. The minimum Gasteiger partial charge on any atom is -0.445 e. The van der Waals surface area contributed by atoms with Crippen LogP contribution in [0.2, 0.25) is 0 Å². The highest BCUT2D eigenvalue weighted by Gasteiger charge is 2.43. The van der Waals surface area contributed by atoms with E-state index < -0.39 is 18.0 Å². The molecule has 2 aromatic carbocycles. The molecule has 9 heteroatoms. The number of hydrogen-bond donors (Lipinski definition) is 1. The van der Waals surface area contributed by atoms with Gasteiger partial charge in [-0.25, -0.2) is 14.0 Å². The van der Waals surface area contributed by atoms with E-state index in [1.165, 1.54) is 11.0 Å². The van der Waals surface area contributed by atoms with Gasteiger partial charge in [-0.15, -0.1) is 0 Å². The molecule has 3 fully saturated rings. The van der Waals surface area contributed by atoms with E-state index in [0.29, 0.717) is 37.6 Å². The zero-order valence-electron chi connectivity index (χ0n) is 18.1. The smallest absolute Gasteiger partial charge is 0.414 e. The van der Waals surface area contributed by atoms with E-state index in [1.807, 2.05) is 35.2 Å². The number of hydrogen-bond acceptors (Lipinski definition) is 6. The molecule has 8 nitrogen and oxygen atoms in total. The van der Waals surface area contributed by atoms with Crippen LogP contribution in [0.25, 0.3) is 0 Å². The molecule has 2 aromatic rings. The summed E-state index contributed by atoms with van der Waals surface area (Å²) in [4.78, 5) is 29.5. The first-order valence-corrected chi connectivity index (χ1v) is 11.1. The van der Waals surface area contributed by atoms with Gasteiger partial charge in [0.05, 0.1) is 24.5 Å². The van der Waals surface area contributed by atoms with E-state index >= 15 is 0 Å². The molecule has 0 spiro atoms. The van der Waals surface area contributed by atoms with Crippen molar-refractivity contribution in [3.63, 3.8) is 0 Å². The summed E-state index contributed by atoms with van der Waals surface area (Å²) in [5, 5.41) is 9.19. The van der Waals surface area contributed by atoms with Crippen LogP contribution in [0.5, 0.6) is 0 Å². The number of rotatable bonds is 5. The van der Waals surface area contributed by atoms with Crippen LogP contribution in [0, 0.1) is 17.7 Å². The molecule has 5 rings (SSSR count). The zero-order valence-corrected chi connectivity index (χ0v) is 18.1. The third kappa shape index (κ3) is 4.32. The number of ether oxygens (including phenoxy) is 2. The number of carbonyl (C=O) groups is 2. The summed E-state index contributed by atoms with van der Waals surface area (Å²) in [6, 6.07) is 14.3. The van der Waals surface area contributed by atoms with Gasteiger partial charge >= 0.3 is 12.2 Å². The number of aliphatic hydroxyl groups is 1. The van der Waals surface area contributed by atoms with Crippen molar-refractivity contribution in [3.8, 4) is 0 Å². The van der Waals surface area contributed by atoms with Crippen LogP contribution in [0.15, 0.2) is 48.5 Å². The van der Waals surface area contributed by atoms with Gasteiger partial charge in [-0.2, -0.15) is 0 Å². The number of anilines is 2.